The van der Waals surface area contributed by atoms with Crippen LogP contribution in [-0.4, -0.2) is 24.1 Å². The van der Waals surface area contributed by atoms with E-state index < -0.39 is 0 Å². The van der Waals surface area contributed by atoms with Crippen molar-refractivity contribution in [3.05, 3.63) is 76.8 Å². The molecule has 0 radical (unpaired) electrons. The average molecular weight is 397 g/mol. The molecular formula is C24H23N5O. The van der Waals surface area contributed by atoms with Crippen LogP contribution in [0.2, 0.25) is 0 Å². The summed E-state index contributed by atoms with van der Waals surface area (Å²) in [6.07, 6.45) is 3.69. The molecule has 0 aliphatic heterocycles. The zero-order valence-electron chi connectivity index (χ0n) is 17.1. The van der Waals surface area contributed by atoms with E-state index in [9.17, 15) is 4.79 Å². The Labute approximate surface area is 173 Å². The Balaban J connectivity index is 1.82. The fourth-order valence-electron chi connectivity index (χ4n) is 4.01. The normalized spacial score (nSPS) is 12.7. The monoisotopic (exact) mass is 397 g/mol. The van der Waals surface area contributed by atoms with Crippen molar-refractivity contribution in [2.45, 2.75) is 39.3 Å². The van der Waals surface area contributed by atoms with Gasteiger partial charge < -0.3 is 4.57 Å². The predicted molar refractivity (Wildman–Crippen MR) is 120 cm³/mol. The highest BCUT2D eigenvalue weighted by molar-refractivity contribution is 6.04. The van der Waals surface area contributed by atoms with Gasteiger partial charge in [-0.3, -0.25) is 9.36 Å². The molecule has 0 aliphatic rings. The minimum atomic E-state index is -0.127. The third kappa shape index (κ3) is 2.87. The molecule has 6 nitrogen and oxygen atoms in total. The van der Waals surface area contributed by atoms with Crippen LogP contribution in [0, 0.1) is 0 Å². The fourth-order valence-corrected chi connectivity index (χ4v) is 4.01. The molecule has 0 fully saturated rings. The predicted octanol–water partition coefficient (Wildman–Crippen LogP) is 4.70. The maximum atomic E-state index is 13.6. The van der Waals surface area contributed by atoms with Crippen LogP contribution in [0.1, 0.15) is 38.3 Å². The van der Waals surface area contributed by atoms with E-state index in [1.807, 2.05) is 66.1 Å². The van der Waals surface area contributed by atoms with Gasteiger partial charge in [-0.2, -0.15) is 0 Å². The van der Waals surface area contributed by atoms with Gasteiger partial charge in [0.1, 0.15) is 17.2 Å². The van der Waals surface area contributed by atoms with E-state index in [4.69, 9.17) is 15.0 Å². The highest BCUT2D eigenvalue weighted by atomic mass is 16.1. The van der Waals surface area contributed by atoms with Crippen molar-refractivity contribution in [2.24, 2.45) is 0 Å². The van der Waals surface area contributed by atoms with Crippen molar-refractivity contribution in [2.75, 3.05) is 0 Å². The topological polar surface area (TPSA) is 65.6 Å². The Morgan fingerprint density at radius 2 is 1.63 bits per heavy atom. The molecule has 150 valence electrons. The standard InChI is InChI=1S/C24H23N5O/c1-3-4-14-28-22-20(21-23(28)27-19-13-9-8-12-18(19)26-21)24(30)29(15-25-22)16(2)17-10-6-5-7-11-17/h5-13,15-16H,3-4,14H2,1-2H3. The Bertz CT molecular complexity index is 1420. The Kier molecular flexibility index (Phi) is 4.54. The second kappa shape index (κ2) is 7.37. The van der Waals surface area contributed by atoms with Gasteiger partial charge in [0.05, 0.1) is 17.1 Å². The summed E-state index contributed by atoms with van der Waals surface area (Å²) in [6.45, 7) is 4.92. The molecule has 0 bridgehead atoms. The summed E-state index contributed by atoms with van der Waals surface area (Å²) in [7, 11) is 0. The van der Waals surface area contributed by atoms with Crippen molar-refractivity contribution in [3.63, 3.8) is 0 Å². The van der Waals surface area contributed by atoms with Gasteiger partial charge >= 0.3 is 0 Å². The quantitative estimate of drug-likeness (QED) is 0.431. The molecule has 5 aromatic rings. The lowest BCUT2D eigenvalue weighted by Crippen LogP contribution is -2.24. The molecule has 0 saturated carbocycles. The second-order valence-corrected chi connectivity index (χ2v) is 7.63. The molecule has 1 unspecified atom stereocenters. The second-order valence-electron chi connectivity index (χ2n) is 7.63. The molecular weight excluding hydrogens is 374 g/mol. The molecule has 3 heterocycles. The van der Waals surface area contributed by atoms with Crippen molar-refractivity contribution in [1.82, 2.24) is 24.1 Å². The number of benzene rings is 2. The first kappa shape index (κ1) is 18.5. The zero-order valence-corrected chi connectivity index (χ0v) is 17.1. The lowest BCUT2D eigenvalue weighted by Gasteiger charge is -2.15. The minimum Gasteiger partial charge on any atom is -0.308 e. The van der Waals surface area contributed by atoms with Crippen molar-refractivity contribution in [3.8, 4) is 0 Å². The average Bonchev–Trinajstić information content (AvgIpc) is 3.09. The Morgan fingerprint density at radius 1 is 0.933 bits per heavy atom. The third-order valence-corrected chi connectivity index (χ3v) is 5.71. The van der Waals surface area contributed by atoms with Gasteiger partial charge in [-0.25, -0.2) is 15.0 Å². The molecule has 0 saturated heterocycles. The molecule has 0 aliphatic carbocycles. The van der Waals surface area contributed by atoms with E-state index >= 15 is 0 Å². The SMILES string of the molecule is CCCCn1c2nc3ccccc3nc2c2c(=O)n(C(C)c3ccccc3)cnc21. The van der Waals surface area contributed by atoms with E-state index in [1.165, 1.54) is 0 Å². The number of rotatable bonds is 5. The van der Waals surface area contributed by atoms with Gasteiger partial charge in [-0.15, -0.1) is 0 Å². The van der Waals surface area contributed by atoms with Gasteiger partial charge in [0.2, 0.25) is 0 Å². The summed E-state index contributed by atoms with van der Waals surface area (Å²) in [5.74, 6) is 0. The van der Waals surface area contributed by atoms with Gasteiger partial charge in [0.15, 0.2) is 11.3 Å². The van der Waals surface area contributed by atoms with E-state index in [2.05, 4.69) is 6.92 Å². The summed E-state index contributed by atoms with van der Waals surface area (Å²) in [5.41, 5.74) is 4.61. The molecule has 30 heavy (non-hydrogen) atoms. The summed E-state index contributed by atoms with van der Waals surface area (Å²) < 4.78 is 3.74. The highest BCUT2D eigenvalue weighted by Crippen LogP contribution is 2.26. The van der Waals surface area contributed by atoms with E-state index in [0.717, 1.165) is 41.6 Å². The smallest absolute Gasteiger partial charge is 0.265 e. The summed E-state index contributed by atoms with van der Waals surface area (Å²) >= 11 is 0. The number of aromatic nitrogens is 5. The fraction of sp³-hybridized carbons (Fsp3) is 0.250. The minimum absolute atomic E-state index is 0.0822. The van der Waals surface area contributed by atoms with Crippen LogP contribution in [0.3, 0.4) is 0 Å². The Morgan fingerprint density at radius 3 is 2.37 bits per heavy atom. The number of nitrogens with zero attached hydrogens (tertiary/aromatic N) is 5. The molecule has 0 N–H and O–H groups in total. The Hall–Kier alpha value is -3.54. The number of hydrogen-bond donors (Lipinski definition) is 0. The first-order valence-electron chi connectivity index (χ1n) is 10.4. The molecule has 1 atom stereocenters. The number of aryl methyl sites for hydroxylation is 1. The molecule has 0 amide bonds. The zero-order chi connectivity index (χ0) is 20.7. The van der Waals surface area contributed by atoms with Gasteiger partial charge in [0.25, 0.3) is 5.56 Å². The van der Waals surface area contributed by atoms with Crippen LogP contribution >= 0.6 is 0 Å². The van der Waals surface area contributed by atoms with Crippen molar-refractivity contribution < 1.29 is 0 Å². The van der Waals surface area contributed by atoms with Crippen molar-refractivity contribution >= 4 is 33.2 Å². The highest BCUT2D eigenvalue weighted by Gasteiger charge is 2.21. The molecule has 3 aromatic heterocycles. The largest absolute Gasteiger partial charge is 0.308 e. The van der Waals surface area contributed by atoms with Gasteiger partial charge in [-0.1, -0.05) is 55.8 Å². The van der Waals surface area contributed by atoms with Crippen LogP contribution in [-0.2, 0) is 6.54 Å². The van der Waals surface area contributed by atoms with Crippen LogP contribution in [0.4, 0.5) is 0 Å². The van der Waals surface area contributed by atoms with Crippen LogP contribution in [0.15, 0.2) is 65.7 Å². The number of hydrogen-bond acceptors (Lipinski definition) is 4. The molecule has 0 spiro atoms. The first-order chi connectivity index (χ1) is 14.7. The van der Waals surface area contributed by atoms with Crippen LogP contribution in [0.5, 0.6) is 0 Å². The summed E-state index contributed by atoms with van der Waals surface area (Å²) in [4.78, 5) is 28.0. The van der Waals surface area contributed by atoms with E-state index in [0.29, 0.717) is 16.6 Å². The number of fused-ring (bicyclic) bond motifs is 4. The maximum Gasteiger partial charge on any atom is 0.265 e. The summed E-state index contributed by atoms with van der Waals surface area (Å²) in [5, 5.41) is 0.546. The number of para-hydroxylation sites is 2. The first-order valence-corrected chi connectivity index (χ1v) is 10.4. The molecule has 5 rings (SSSR count). The van der Waals surface area contributed by atoms with Crippen molar-refractivity contribution in [1.29, 1.82) is 0 Å². The lowest BCUT2D eigenvalue weighted by molar-refractivity contribution is 0.605. The van der Waals surface area contributed by atoms with Crippen LogP contribution < -0.4 is 5.56 Å². The maximum absolute atomic E-state index is 13.6. The van der Waals surface area contributed by atoms with Crippen LogP contribution in [0.25, 0.3) is 33.2 Å². The van der Waals surface area contributed by atoms with E-state index in [1.54, 1.807) is 10.9 Å². The third-order valence-electron chi connectivity index (χ3n) is 5.71. The number of unbranched alkanes of at least 4 members (excludes halogenated alkanes) is 1. The molecule has 2 aromatic carbocycles. The lowest BCUT2D eigenvalue weighted by atomic mass is 10.1. The van der Waals surface area contributed by atoms with E-state index in [-0.39, 0.29) is 11.6 Å². The van der Waals surface area contributed by atoms with Gasteiger partial charge in [0, 0.05) is 6.54 Å². The van der Waals surface area contributed by atoms with Gasteiger partial charge in [-0.05, 0) is 31.0 Å². The molecule has 6 heteroatoms. The summed E-state index contributed by atoms with van der Waals surface area (Å²) in [6, 6.07) is 17.6.